The Morgan fingerprint density at radius 3 is 0.960 bits per heavy atom. The summed E-state index contributed by atoms with van der Waals surface area (Å²) in [5.74, 6) is 1.90. The van der Waals surface area contributed by atoms with Gasteiger partial charge in [-0.1, -0.05) is 213 Å². The summed E-state index contributed by atoms with van der Waals surface area (Å²) >= 11 is 3.67. The van der Waals surface area contributed by atoms with Crippen LogP contribution in [0.5, 0.6) is 0 Å². The predicted octanol–water partition coefficient (Wildman–Crippen LogP) is 15.7. The molecule has 0 spiro atoms. The second-order valence-corrected chi connectivity index (χ2v) is 17.4. The third-order valence-corrected chi connectivity index (χ3v) is 12.2. The molecule has 50 heavy (non-hydrogen) atoms. The largest absolute Gasteiger partial charge is 0.481 e. The van der Waals surface area contributed by atoms with Gasteiger partial charge >= 0.3 is 11.9 Å². The normalized spacial score (nSPS) is 11.7. The summed E-state index contributed by atoms with van der Waals surface area (Å²) in [6.45, 7) is 6.43. The average Bonchev–Trinajstić information content (AvgIpc) is 3.09. The second-order valence-electron chi connectivity index (χ2n) is 14.8. The van der Waals surface area contributed by atoms with Gasteiger partial charge in [0.25, 0.3) is 0 Å². The first-order chi connectivity index (χ1) is 24.5. The molecule has 0 heterocycles. The molecular weight excluding hydrogens is 657 g/mol. The van der Waals surface area contributed by atoms with Crippen molar-refractivity contribution in [1.82, 2.24) is 0 Å². The molecule has 0 aliphatic rings. The van der Waals surface area contributed by atoms with Gasteiger partial charge in [0.2, 0.25) is 0 Å². The lowest BCUT2D eigenvalue weighted by Crippen LogP contribution is -2.17. The molecule has 0 amide bonds. The number of carboxylic acids is 2. The molecule has 0 aliphatic heterocycles. The molecule has 0 rings (SSSR count). The Morgan fingerprint density at radius 2 is 0.700 bits per heavy atom. The predicted molar refractivity (Wildman–Crippen MR) is 227 cm³/mol. The van der Waals surface area contributed by atoms with Crippen LogP contribution in [0.3, 0.4) is 0 Å². The minimum atomic E-state index is -0.711. The highest BCUT2D eigenvalue weighted by Gasteiger charge is 2.17. The Labute approximate surface area is 322 Å². The Bertz CT molecular complexity index is 660. The number of carbonyl (C=O) groups is 2. The Balaban J connectivity index is 0. The maximum atomic E-state index is 11.7. The van der Waals surface area contributed by atoms with Gasteiger partial charge in [0.15, 0.2) is 0 Å². The third-order valence-electron chi connectivity index (χ3n) is 9.72. The summed E-state index contributed by atoms with van der Waals surface area (Å²) in [6.07, 6.45) is 46.7. The zero-order valence-electron chi connectivity index (χ0n) is 34.0. The highest BCUT2D eigenvalue weighted by atomic mass is 32.2. The van der Waals surface area contributed by atoms with Crippen molar-refractivity contribution in [2.75, 3.05) is 17.3 Å². The van der Waals surface area contributed by atoms with Crippen molar-refractivity contribution in [3.8, 4) is 0 Å². The zero-order chi connectivity index (χ0) is 37.0. The minimum Gasteiger partial charge on any atom is -0.481 e. The van der Waals surface area contributed by atoms with Crippen molar-refractivity contribution >= 4 is 35.5 Å². The van der Waals surface area contributed by atoms with E-state index in [2.05, 4.69) is 13.8 Å². The first-order valence-corrected chi connectivity index (χ1v) is 24.3. The van der Waals surface area contributed by atoms with Gasteiger partial charge in [-0.25, -0.2) is 0 Å². The number of aliphatic carboxylic acids is 2. The first-order valence-electron chi connectivity index (χ1n) is 22.1. The summed E-state index contributed by atoms with van der Waals surface area (Å²) in [4.78, 5) is 21.3. The molecule has 0 aliphatic carbocycles. The molecular formula is C44H88O4S2. The van der Waals surface area contributed by atoms with E-state index in [1.807, 2.05) is 18.7 Å². The van der Waals surface area contributed by atoms with E-state index in [0.29, 0.717) is 6.42 Å². The van der Waals surface area contributed by atoms with Gasteiger partial charge < -0.3 is 10.2 Å². The molecule has 4 nitrogen and oxygen atoms in total. The maximum Gasteiger partial charge on any atom is 0.316 e. The molecule has 6 heteroatoms. The molecule has 0 saturated carbocycles. The Morgan fingerprint density at radius 1 is 0.400 bits per heavy atom. The van der Waals surface area contributed by atoms with E-state index in [-0.39, 0.29) is 5.25 Å². The van der Waals surface area contributed by atoms with Crippen LogP contribution in [-0.2, 0) is 9.59 Å². The van der Waals surface area contributed by atoms with Crippen molar-refractivity contribution in [2.24, 2.45) is 0 Å². The van der Waals surface area contributed by atoms with E-state index in [4.69, 9.17) is 5.11 Å². The summed E-state index contributed by atoms with van der Waals surface area (Å²) in [7, 11) is 0. The highest BCUT2D eigenvalue weighted by molar-refractivity contribution is 8.01. The maximum absolute atomic E-state index is 11.7. The van der Waals surface area contributed by atoms with E-state index < -0.39 is 11.9 Å². The Kier molecular flexibility index (Phi) is 48.3. The van der Waals surface area contributed by atoms with Crippen LogP contribution in [0.25, 0.3) is 0 Å². The molecule has 0 saturated heterocycles. The van der Waals surface area contributed by atoms with Crippen LogP contribution in [-0.4, -0.2) is 44.7 Å². The van der Waals surface area contributed by atoms with E-state index in [9.17, 15) is 14.7 Å². The lowest BCUT2D eigenvalue weighted by molar-refractivity contribution is -0.137. The van der Waals surface area contributed by atoms with Gasteiger partial charge in [0.1, 0.15) is 5.25 Å². The van der Waals surface area contributed by atoms with E-state index >= 15 is 0 Å². The molecule has 0 bridgehead atoms. The van der Waals surface area contributed by atoms with E-state index in [1.54, 1.807) is 11.8 Å². The van der Waals surface area contributed by atoms with Crippen LogP contribution >= 0.6 is 23.5 Å². The van der Waals surface area contributed by atoms with Crippen LogP contribution in [0.2, 0.25) is 0 Å². The number of rotatable bonds is 41. The van der Waals surface area contributed by atoms with Crippen molar-refractivity contribution in [1.29, 1.82) is 0 Å². The molecule has 0 radical (unpaired) electrons. The summed E-state index contributed by atoms with van der Waals surface area (Å²) in [6, 6.07) is 0. The monoisotopic (exact) mass is 745 g/mol. The summed E-state index contributed by atoms with van der Waals surface area (Å²) in [5.41, 5.74) is 0. The third kappa shape index (κ3) is 47.6. The number of hydrogen-bond acceptors (Lipinski definition) is 4. The van der Waals surface area contributed by atoms with Crippen molar-refractivity contribution in [2.45, 2.75) is 251 Å². The fraction of sp³-hybridized carbons (Fsp3) is 0.955. The average molecular weight is 745 g/mol. The van der Waals surface area contributed by atoms with E-state index in [1.165, 1.54) is 211 Å². The fourth-order valence-corrected chi connectivity index (χ4v) is 8.66. The number of thioether (sulfide) groups is 2. The quantitative estimate of drug-likeness (QED) is 0.0607. The molecule has 0 aromatic rings. The molecule has 0 aromatic carbocycles. The fourth-order valence-electron chi connectivity index (χ4n) is 6.41. The van der Waals surface area contributed by atoms with Gasteiger partial charge in [-0.05, 0) is 42.9 Å². The summed E-state index contributed by atoms with van der Waals surface area (Å²) < 4.78 is 0. The van der Waals surface area contributed by atoms with Gasteiger partial charge in [0.05, 0.1) is 0 Å². The molecule has 1 unspecified atom stereocenters. The first kappa shape index (κ1) is 51.7. The van der Waals surface area contributed by atoms with Gasteiger partial charge in [-0.3, -0.25) is 9.59 Å². The van der Waals surface area contributed by atoms with Gasteiger partial charge in [-0.15, -0.1) is 11.8 Å². The number of hydrogen-bond donors (Lipinski definition) is 2. The molecule has 2 N–H and O–H groups in total. The smallest absolute Gasteiger partial charge is 0.316 e. The van der Waals surface area contributed by atoms with Gasteiger partial charge in [-0.2, -0.15) is 11.8 Å². The second kappa shape index (κ2) is 46.7. The molecule has 1 atom stereocenters. The molecule has 0 aromatic heterocycles. The number of unbranched alkanes of at least 4 members (excludes halogenated alkanes) is 30. The zero-order valence-corrected chi connectivity index (χ0v) is 35.6. The SMILES string of the molecule is CCCC(=O)O.CCCCCCCCCCCCCCCCCCSCCC(SCCCCCCCCCCCCCCCCCC)C(=O)O. The van der Waals surface area contributed by atoms with Crippen molar-refractivity contribution in [3.05, 3.63) is 0 Å². The van der Waals surface area contributed by atoms with Crippen LogP contribution in [0.15, 0.2) is 0 Å². The molecule has 0 fully saturated rings. The van der Waals surface area contributed by atoms with E-state index in [0.717, 1.165) is 24.3 Å². The topological polar surface area (TPSA) is 74.6 Å². The van der Waals surface area contributed by atoms with Crippen LogP contribution in [0.1, 0.15) is 245 Å². The Hall–Kier alpha value is -0.360. The van der Waals surface area contributed by atoms with Crippen LogP contribution < -0.4 is 0 Å². The molecule has 300 valence electrons. The number of carboxylic acid groups (broad SMARTS) is 2. The standard InChI is InChI=1S/C40H80O2S2.C4H8O2/c1-3-5-7-9-11-13-15-17-19-21-23-25-27-29-31-33-36-43-38-35-39(40(41)42)44-37-34-32-30-28-26-24-22-20-18-16-14-12-10-8-6-4-2;1-2-3-4(5)6/h39H,3-38H2,1-2H3,(H,41,42);2-3H2,1H3,(H,5,6). The summed E-state index contributed by atoms with van der Waals surface area (Å²) in [5, 5.41) is 17.3. The lowest BCUT2D eigenvalue weighted by Gasteiger charge is -2.12. The minimum absolute atomic E-state index is 0.204. The van der Waals surface area contributed by atoms with Gasteiger partial charge in [0, 0.05) is 6.42 Å². The van der Waals surface area contributed by atoms with Crippen LogP contribution in [0, 0.1) is 0 Å². The van der Waals surface area contributed by atoms with Crippen molar-refractivity contribution < 1.29 is 19.8 Å². The highest BCUT2D eigenvalue weighted by Crippen LogP contribution is 2.22. The van der Waals surface area contributed by atoms with Crippen molar-refractivity contribution in [3.63, 3.8) is 0 Å². The lowest BCUT2D eigenvalue weighted by atomic mass is 10.0. The van der Waals surface area contributed by atoms with Crippen LogP contribution in [0.4, 0.5) is 0 Å².